The number of hydrogen-bond donors (Lipinski definition) is 0. The van der Waals surface area contributed by atoms with Gasteiger partial charge in [0.2, 0.25) is 0 Å². The molecule has 12 aromatic carbocycles. The van der Waals surface area contributed by atoms with Crippen molar-refractivity contribution in [3.63, 3.8) is 0 Å². The molecule has 0 spiro atoms. The number of fused-ring (bicyclic) bond motifs is 6. The Kier molecular flexibility index (Phi) is 10.8. The van der Waals surface area contributed by atoms with Gasteiger partial charge in [-0.15, -0.1) is 0 Å². The van der Waals surface area contributed by atoms with Crippen LogP contribution < -0.4 is 4.90 Å². The van der Waals surface area contributed by atoms with Crippen LogP contribution in [0.3, 0.4) is 0 Å². The number of nitrogens with zero attached hydrogens (tertiary/aromatic N) is 3. The second-order valence-corrected chi connectivity index (χ2v) is 19.2. The molecule has 0 fully saturated rings. The summed E-state index contributed by atoms with van der Waals surface area (Å²) in [6.07, 6.45) is 0. The van der Waals surface area contributed by atoms with E-state index in [2.05, 4.69) is 311 Å². The molecule has 0 atom stereocenters. The lowest BCUT2D eigenvalue weighted by Crippen LogP contribution is -2.11. The Morgan fingerprint density at radius 1 is 0.213 bits per heavy atom. The molecule has 3 heteroatoms. The van der Waals surface area contributed by atoms with E-state index >= 15 is 0 Å². The van der Waals surface area contributed by atoms with Gasteiger partial charge in [-0.1, -0.05) is 218 Å². The number of hydrogen-bond acceptors (Lipinski definition) is 1. The molecule has 0 aliphatic rings. The van der Waals surface area contributed by atoms with Crippen LogP contribution in [0.25, 0.3) is 111 Å². The summed E-state index contributed by atoms with van der Waals surface area (Å²) < 4.78 is 4.78. The molecule has 0 unspecified atom stereocenters. The summed E-state index contributed by atoms with van der Waals surface area (Å²) in [6, 6.07) is 108. The summed E-state index contributed by atoms with van der Waals surface area (Å²) in [7, 11) is 0. The third-order valence-electron chi connectivity index (χ3n) is 15.0. The van der Waals surface area contributed by atoms with Crippen LogP contribution in [0, 0.1) is 0 Å². The zero-order valence-electron chi connectivity index (χ0n) is 41.1. The molecule has 0 aliphatic heterocycles. The number of para-hydroxylation sites is 5. The average Bonchev–Trinajstić information content (AvgIpc) is 4.01. The van der Waals surface area contributed by atoms with Crippen LogP contribution >= 0.6 is 0 Å². The molecule has 14 rings (SSSR count). The van der Waals surface area contributed by atoms with Gasteiger partial charge in [-0.25, -0.2) is 0 Å². The highest BCUT2D eigenvalue weighted by molar-refractivity contribution is 6.11. The summed E-state index contributed by atoms with van der Waals surface area (Å²) in [5, 5.41) is 5.00. The van der Waals surface area contributed by atoms with Gasteiger partial charge < -0.3 is 14.0 Å². The van der Waals surface area contributed by atoms with Gasteiger partial charge in [0.1, 0.15) is 0 Å². The summed E-state index contributed by atoms with van der Waals surface area (Å²) in [4.78, 5) is 2.42. The van der Waals surface area contributed by atoms with E-state index in [1.165, 1.54) is 77.0 Å². The van der Waals surface area contributed by atoms with Crippen LogP contribution in [-0.4, -0.2) is 9.13 Å². The second kappa shape index (κ2) is 18.6. The van der Waals surface area contributed by atoms with Gasteiger partial charge in [0.05, 0.1) is 27.8 Å². The Balaban J connectivity index is 0.896. The Hall–Kier alpha value is -9.96. The van der Waals surface area contributed by atoms with Crippen molar-refractivity contribution in [2.24, 2.45) is 0 Å². The fraction of sp³-hybridized carbons (Fsp3) is 0. The Morgan fingerprint density at radius 2 is 0.600 bits per heavy atom. The highest BCUT2D eigenvalue weighted by Gasteiger charge is 2.22. The van der Waals surface area contributed by atoms with Crippen molar-refractivity contribution in [3.8, 4) is 67.0 Å². The minimum Gasteiger partial charge on any atom is -0.310 e. The van der Waals surface area contributed by atoms with Crippen LogP contribution in [0.2, 0.25) is 0 Å². The third kappa shape index (κ3) is 7.69. The molecular formula is C72H49N3. The SMILES string of the molecule is c1ccc(-c2ccccc2-c2ccccc2-c2ccccc2N(c2ccc(-c3cccc(-n4c5ccccc5c5ccccc54)c3)cc2)c2ccc(-c3ccc4c5ccccc5n(-c5ccccc5)c4c3)cc2)cc1. The van der Waals surface area contributed by atoms with Gasteiger partial charge in [-0.3, -0.25) is 0 Å². The lowest BCUT2D eigenvalue weighted by atomic mass is 9.88. The highest BCUT2D eigenvalue weighted by Crippen LogP contribution is 2.46. The molecular weight excluding hydrogens is 907 g/mol. The molecule has 3 nitrogen and oxygen atoms in total. The van der Waals surface area contributed by atoms with Crippen LogP contribution in [0.4, 0.5) is 17.1 Å². The summed E-state index contributed by atoms with van der Waals surface area (Å²) in [5.74, 6) is 0. The molecule has 2 aromatic heterocycles. The molecule has 0 N–H and O–H groups in total. The second-order valence-electron chi connectivity index (χ2n) is 19.2. The zero-order chi connectivity index (χ0) is 49.7. The first-order valence-corrected chi connectivity index (χ1v) is 25.8. The molecule has 0 aliphatic carbocycles. The lowest BCUT2D eigenvalue weighted by Gasteiger charge is -2.29. The normalized spacial score (nSPS) is 11.5. The Bertz CT molecular complexity index is 4340. The highest BCUT2D eigenvalue weighted by atomic mass is 15.1. The number of anilines is 3. The molecule has 14 aromatic rings. The standard InChI is InChI=1S/C72H49N3/c1-3-20-52(21-4-1)59-26-7-8-27-60(59)61-28-9-10-29-62(61)63-30-11-15-34-68(63)73(56-43-38-50(39-44-56)53-22-19-25-58(48-53)75-70-36-17-12-31-64(70)65-32-13-18-37-71(65)75)57-45-40-51(41-46-57)54-42-47-67-66-33-14-16-35-69(66)74(72(67)49-54)55-23-5-2-6-24-55/h1-49H. The van der Waals surface area contributed by atoms with Crippen molar-refractivity contribution in [3.05, 3.63) is 297 Å². The first-order chi connectivity index (χ1) is 37.2. The Labute approximate surface area is 436 Å². The van der Waals surface area contributed by atoms with E-state index in [1.54, 1.807) is 0 Å². The van der Waals surface area contributed by atoms with E-state index in [-0.39, 0.29) is 0 Å². The van der Waals surface area contributed by atoms with Crippen molar-refractivity contribution in [2.45, 2.75) is 0 Å². The molecule has 0 bridgehead atoms. The number of aromatic nitrogens is 2. The van der Waals surface area contributed by atoms with Crippen molar-refractivity contribution in [1.29, 1.82) is 0 Å². The van der Waals surface area contributed by atoms with E-state index in [0.717, 1.165) is 50.7 Å². The molecule has 2 heterocycles. The first kappa shape index (κ1) is 43.8. The predicted molar refractivity (Wildman–Crippen MR) is 317 cm³/mol. The van der Waals surface area contributed by atoms with Gasteiger partial charge in [0.15, 0.2) is 0 Å². The fourth-order valence-corrected chi connectivity index (χ4v) is 11.5. The van der Waals surface area contributed by atoms with Crippen molar-refractivity contribution < 1.29 is 0 Å². The van der Waals surface area contributed by atoms with E-state index in [0.29, 0.717) is 0 Å². The monoisotopic (exact) mass is 955 g/mol. The molecule has 0 amide bonds. The van der Waals surface area contributed by atoms with Crippen LogP contribution in [0.15, 0.2) is 297 Å². The van der Waals surface area contributed by atoms with Gasteiger partial charge in [-0.05, 0) is 129 Å². The van der Waals surface area contributed by atoms with Crippen molar-refractivity contribution in [1.82, 2.24) is 9.13 Å². The van der Waals surface area contributed by atoms with Gasteiger partial charge >= 0.3 is 0 Å². The number of benzene rings is 12. The maximum absolute atomic E-state index is 2.42. The van der Waals surface area contributed by atoms with Crippen molar-refractivity contribution in [2.75, 3.05) is 4.90 Å². The minimum atomic E-state index is 1.06. The average molecular weight is 956 g/mol. The van der Waals surface area contributed by atoms with Gasteiger partial charge in [-0.2, -0.15) is 0 Å². The molecule has 0 radical (unpaired) electrons. The Morgan fingerprint density at radius 3 is 1.19 bits per heavy atom. The molecule has 352 valence electrons. The quantitative estimate of drug-likeness (QED) is 0.133. The van der Waals surface area contributed by atoms with Gasteiger partial charge in [0.25, 0.3) is 0 Å². The minimum absolute atomic E-state index is 1.06. The smallest absolute Gasteiger partial charge is 0.0547 e. The van der Waals surface area contributed by atoms with E-state index in [9.17, 15) is 0 Å². The predicted octanol–water partition coefficient (Wildman–Crippen LogP) is 19.7. The molecule has 75 heavy (non-hydrogen) atoms. The van der Waals surface area contributed by atoms with E-state index in [1.807, 2.05) is 0 Å². The van der Waals surface area contributed by atoms with Crippen LogP contribution in [0.1, 0.15) is 0 Å². The van der Waals surface area contributed by atoms with Crippen LogP contribution in [0.5, 0.6) is 0 Å². The summed E-state index contributed by atoms with van der Waals surface area (Å²) in [5.41, 5.74) is 22.0. The zero-order valence-corrected chi connectivity index (χ0v) is 41.1. The number of rotatable bonds is 10. The molecule has 0 saturated carbocycles. The topological polar surface area (TPSA) is 13.1 Å². The summed E-state index contributed by atoms with van der Waals surface area (Å²) >= 11 is 0. The maximum Gasteiger partial charge on any atom is 0.0547 e. The first-order valence-electron chi connectivity index (χ1n) is 25.8. The maximum atomic E-state index is 2.42. The van der Waals surface area contributed by atoms with E-state index in [4.69, 9.17) is 0 Å². The summed E-state index contributed by atoms with van der Waals surface area (Å²) in [6.45, 7) is 0. The molecule has 0 saturated heterocycles. The largest absolute Gasteiger partial charge is 0.310 e. The van der Waals surface area contributed by atoms with Gasteiger partial charge in [0, 0.05) is 49.9 Å². The fourth-order valence-electron chi connectivity index (χ4n) is 11.5. The van der Waals surface area contributed by atoms with Crippen LogP contribution in [-0.2, 0) is 0 Å². The third-order valence-corrected chi connectivity index (χ3v) is 15.0. The van der Waals surface area contributed by atoms with Crippen molar-refractivity contribution >= 4 is 60.7 Å². The lowest BCUT2D eigenvalue weighted by molar-refractivity contribution is 1.18. The van der Waals surface area contributed by atoms with E-state index < -0.39 is 0 Å².